The monoisotopic (exact) mass is 250 g/mol. The molecular formula is C13H18N2O3. The fourth-order valence-electron chi connectivity index (χ4n) is 2.25. The fourth-order valence-corrected chi connectivity index (χ4v) is 2.25. The molecule has 1 saturated carbocycles. The molecule has 2 unspecified atom stereocenters. The molecule has 2 atom stereocenters. The number of phenolic OH excluding ortho intramolecular Hbond substituents is 1. The first-order chi connectivity index (χ1) is 8.61. The third-order valence-electron chi connectivity index (χ3n) is 3.33. The molecule has 0 radical (unpaired) electrons. The third kappa shape index (κ3) is 2.56. The van der Waals surface area contributed by atoms with E-state index < -0.39 is 0 Å². The normalized spacial score (nSPS) is 22.8. The predicted octanol–water partition coefficient (Wildman–Crippen LogP) is 1.01. The van der Waals surface area contributed by atoms with E-state index in [1.807, 2.05) is 0 Å². The third-order valence-corrected chi connectivity index (χ3v) is 3.33. The molecular weight excluding hydrogens is 232 g/mol. The van der Waals surface area contributed by atoms with E-state index in [1.54, 1.807) is 12.1 Å². The van der Waals surface area contributed by atoms with E-state index >= 15 is 0 Å². The lowest BCUT2D eigenvalue weighted by Gasteiger charge is -2.17. The standard InChI is InChI=1S/C13H18N2O3/c1-18-12-6-5-8(7-11(12)16)13(17)15-10-4-2-3-9(10)14/h5-7,9-10,16H,2-4,14H2,1H3,(H,15,17). The summed E-state index contributed by atoms with van der Waals surface area (Å²) in [4.78, 5) is 12.0. The van der Waals surface area contributed by atoms with Gasteiger partial charge in [0.05, 0.1) is 7.11 Å². The van der Waals surface area contributed by atoms with Crippen LogP contribution in [0.25, 0.3) is 0 Å². The number of hydrogen-bond donors (Lipinski definition) is 3. The van der Waals surface area contributed by atoms with Crippen LogP contribution in [-0.4, -0.2) is 30.2 Å². The highest BCUT2D eigenvalue weighted by atomic mass is 16.5. The van der Waals surface area contributed by atoms with Gasteiger partial charge >= 0.3 is 0 Å². The molecule has 0 saturated heterocycles. The topological polar surface area (TPSA) is 84.6 Å². The molecule has 0 aromatic heterocycles. The van der Waals surface area contributed by atoms with Crippen LogP contribution in [0.5, 0.6) is 11.5 Å². The zero-order valence-electron chi connectivity index (χ0n) is 10.3. The summed E-state index contributed by atoms with van der Waals surface area (Å²) < 4.78 is 4.93. The molecule has 1 aliphatic carbocycles. The van der Waals surface area contributed by atoms with Gasteiger partial charge in [0.2, 0.25) is 0 Å². The molecule has 0 heterocycles. The van der Waals surface area contributed by atoms with Crippen LogP contribution in [0.1, 0.15) is 29.6 Å². The van der Waals surface area contributed by atoms with Crippen molar-refractivity contribution in [2.75, 3.05) is 7.11 Å². The van der Waals surface area contributed by atoms with Crippen molar-refractivity contribution in [1.82, 2.24) is 5.32 Å². The molecule has 1 amide bonds. The van der Waals surface area contributed by atoms with Gasteiger partial charge in [0, 0.05) is 17.6 Å². The Balaban J connectivity index is 2.07. The summed E-state index contributed by atoms with van der Waals surface area (Å²) in [6, 6.07) is 4.64. The number of carbonyl (C=O) groups is 1. The van der Waals surface area contributed by atoms with Gasteiger partial charge in [-0.3, -0.25) is 4.79 Å². The second-order valence-electron chi connectivity index (χ2n) is 4.56. The van der Waals surface area contributed by atoms with Gasteiger partial charge < -0.3 is 20.9 Å². The summed E-state index contributed by atoms with van der Waals surface area (Å²) in [6.45, 7) is 0. The molecule has 5 nitrogen and oxygen atoms in total. The lowest BCUT2D eigenvalue weighted by molar-refractivity contribution is 0.0934. The van der Waals surface area contributed by atoms with Crippen molar-refractivity contribution in [1.29, 1.82) is 0 Å². The number of nitrogens with one attached hydrogen (secondary N) is 1. The van der Waals surface area contributed by atoms with Crippen LogP contribution in [0.3, 0.4) is 0 Å². The molecule has 18 heavy (non-hydrogen) atoms. The minimum atomic E-state index is -0.213. The highest BCUT2D eigenvalue weighted by Crippen LogP contribution is 2.26. The fraction of sp³-hybridized carbons (Fsp3) is 0.462. The Morgan fingerprint density at radius 2 is 2.28 bits per heavy atom. The molecule has 0 aliphatic heterocycles. The van der Waals surface area contributed by atoms with E-state index in [0.717, 1.165) is 19.3 Å². The van der Waals surface area contributed by atoms with Gasteiger partial charge in [-0.1, -0.05) is 0 Å². The number of nitrogens with two attached hydrogens (primary N) is 1. The number of carbonyl (C=O) groups excluding carboxylic acids is 1. The number of hydrogen-bond acceptors (Lipinski definition) is 4. The maximum atomic E-state index is 12.0. The van der Waals surface area contributed by atoms with Crippen LogP contribution in [0.2, 0.25) is 0 Å². The zero-order valence-corrected chi connectivity index (χ0v) is 10.3. The minimum absolute atomic E-state index is 0.0285. The first kappa shape index (κ1) is 12.7. The second kappa shape index (κ2) is 5.27. The maximum Gasteiger partial charge on any atom is 0.251 e. The lowest BCUT2D eigenvalue weighted by Crippen LogP contribution is -2.43. The Labute approximate surface area is 106 Å². The van der Waals surface area contributed by atoms with E-state index in [0.29, 0.717) is 11.3 Å². The number of aromatic hydroxyl groups is 1. The summed E-state index contributed by atoms with van der Waals surface area (Å²) in [5, 5.41) is 12.5. The van der Waals surface area contributed by atoms with E-state index in [-0.39, 0.29) is 23.7 Å². The summed E-state index contributed by atoms with van der Waals surface area (Å²) in [5.41, 5.74) is 6.31. The van der Waals surface area contributed by atoms with Gasteiger partial charge in [0.25, 0.3) is 5.91 Å². The molecule has 98 valence electrons. The average Bonchev–Trinajstić information content (AvgIpc) is 2.75. The predicted molar refractivity (Wildman–Crippen MR) is 67.7 cm³/mol. The van der Waals surface area contributed by atoms with Gasteiger partial charge in [-0.15, -0.1) is 0 Å². The van der Waals surface area contributed by atoms with Crippen molar-refractivity contribution in [3.05, 3.63) is 23.8 Å². The van der Waals surface area contributed by atoms with E-state index in [2.05, 4.69) is 5.32 Å². The smallest absolute Gasteiger partial charge is 0.251 e. The summed E-state index contributed by atoms with van der Waals surface area (Å²) >= 11 is 0. The Bertz CT molecular complexity index is 448. The number of ether oxygens (including phenoxy) is 1. The number of phenols is 1. The second-order valence-corrected chi connectivity index (χ2v) is 4.56. The Morgan fingerprint density at radius 3 is 2.83 bits per heavy atom. The largest absolute Gasteiger partial charge is 0.504 e. The Kier molecular flexibility index (Phi) is 3.72. The van der Waals surface area contributed by atoms with Crippen LogP contribution in [0, 0.1) is 0 Å². The van der Waals surface area contributed by atoms with Crippen LogP contribution >= 0.6 is 0 Å². The molecule has 0 spiro atoms. The minimum Gasteiger partial charge on any atom is -0.504 e. The lowest BCUT2D eigenvalue weighted by atomic mass is 10.1. The maximum absolute atomic E-state index is 12.0. The van der Waals surface area contributed by atoms with Crippen LogP contribution in [0.4, 0.5) is 0 Å². The number of benzene rings is 1. The summed E-state index contributed by atoms with van der Waals surface area (Å²) in [6.07, 6.45) is 2.90. The van der Waals surface area contributed by atoms with Crippen molar-refractivity contribution in [3.8, 4) is 11.5 Å². The molecule has 1 aromatic rings. The van der Waals surface area contributed by atoms with Gasteiger partial charge in [-0.2, -0.15) is 0 Å². The number of rotatable bonds is 3. The van der Waals surface area contributed by atoms with Crippen molar-refractivity contribution < 1.29 is 14.6 Å². The molecule has 5 heteroatoms. The SMILES string of the molecule is COc1ccc(C(=O)NC2CCCC2N)cc1O. The number of amides is 1. The van der Waals surface area contributed by atoms with E-state index in [1.165, 1.54) is 13.2 Å². The molecule has 4 N–H and O–H groups in total. The van der Waals surface area contributed by atoms with Gasteiger partial charge in [0.1, 0.15) is 0 Å². The van der Waals surface area contributed by atoms with Crippen molar-refractivity contribution in [2.45, 2.75) is 31.3 Å². The average molecular weight is 250 g/mol. The van der Waals surface area contributed by atoms with Crippen molar-refractivity contribution in [2.24, 2.45) is 5.73 Å². The van der Waals surface area contributed by atoms with E-state index in [9.17, 15) is 9.90 Å². The van der Waals surface area contributed by atoms with Gasteiger partial charge in [-0.25, -0.2) is 0 Å². The van der Waals surface area contributed by atoms with Crippen LogP contribution in [-0.2, 0) is 0 Å². The van der Waals surface area contributed by atoms with Crippen LogP contribution in [0.15, 0.2) is 18.2 Å². The van der Waals surface area contributed by atoms with Gasteiger partial charge in [0.15, 0.2) is 11.5 Å². The molecule has 0 bridgehead atoms. The first-order valence-electron chi connectivity index (χ1n) is 6.05. The summed E-state index contributed by atoms with van der Waals surface area (Å²) in [7, 11) is 1.46. The highest BCUT2D eigenvalue weighted by molar-refractivity contribution is 5.95. The molecule has 1 aromatic carbocycles. The summed E-state index contributed by atoms with van der Waals surface area (Å²) in [5.74, 6) is 0.0975. The van der Waals surface area contributed by atoms with E-state index in [4.69, 9.17) is 10.5 Å². The van der Waals surface area contributed by atoms with Crippen molar-refractivity contribution in [3.63, 3.8) is 0 Å². The number of methoxy groups -OCH3 is 1. The Morgan fingerprint density at radius 1 is 1.50 bits per heavy atom. The molecule has 2 rings (SSSR count). The highest BCUT2D eigenvalue weighted by Gasteiger charge is 2.25. The quantitative estimate of drug-likeness (QED) is 0.747. The Hall–Kier alpha value is -1.75. The molecule has 1 aliphatic rings. The molecule has 1 fully saturated rings. The van der Waals surface area contributed by atoms with Crippen LogP contribution < -0.4 is 15.8 Å². The van der Waals surface area contributed by atoms with Gasteiger partial charge in [-0.05, 0) is 37.5 Å². The zero-order chi connectivity index (χ0) is 13.1. The first-order valence-corrected chi connectivity index (χ1v) is 6.05. The van der Waals surface area contributed by atoms with Crippen molar-refractivity contribution >= 4 is 5.91 Å².